The van der Waals surface area contributed by atoms with Crippen molar-refractivity contribution in [2.24, 2.45) is 0 Å². The lowest BCUT2D eigenvalue weighted by Crippen LogP contribution is -2.42. The van der Waals surface area contributed by atoms with Crippen molar-refractivity contribution in [3.8, 4) is 0 Å². The lowest BCUT2D eigenvalue weighted by Gasteiger charge is -2.07. The Kier molecular flexibility index (Phi) is 4.42. The fourth-order valence-electron chi connectivity index (χ4n) is 2.09. The number of halogens is 1. The van der Waals surface area contributed by atoms with E-state index in [-0.39, 0.29) is 17.9 Å². The van der Waals surface area contributed by atoms with E-state index in [1.54, 1.807) is 18.2 Å². The summed E-state index contributed by atoms with van der Waals surface area (Å²) in [5.41, 5.74) is 6.56. The Morgan fingerprint density at radius 3 is 2.42 bits per heavy atom. The number of hydrazine groups is 1. The third kappa shape index (κ3) is 3.70. The van der Waals surface area contributed by atoms with Crippen molar-refractivity contribution in [3.63, 3.8) is 0 Å². The summed E-state index contributed by atoms with van der Waals surface area (Å²) in [5, 5.41) is 0. The molecule has 0 aliphatic heterocycles. The van der Waals surface area contributed by atoms with E-state index < -0.39 is 11.8 Å². The average molecular weight is 324 g/mol. The third-order valence-corrected chi connectivity index (χ3v) is 3.27. The summed E-state index contributed by atoms with van der Waals surface area (Å²) in [6.45, 7) is 0. The molecule has 3 aromatic rings. The highest BCUT2D eigenvalue weighted by atomic mass is 19.1. The first-order valence-electron chi connectivity index (χ1n) is 7.17. The molecule has 0 unspecified atom stereocenters. The van der Waals surface area contributed by atoms with E-state index in [0.29, 0.717) is 16.6 Å². The molecule has 120 valence electrons. The third-order valence-electron chi connectivity index (χ3n) is 3.27. The van der Waals surface area contributed by atoms with E-state index in [1.165, 1.54) is 30.5 Å². The standard InChI is InChI=1S/C17H13FN4O2/c18-12-7-5-11(6-8-12)9-16(23)21-22-17(24)15-10-19-13-3-1-2-4-14(13)20-15/h1-8,10H,9H2,(H,21,23)(H,22,24). The zero-order chi connectivity index (χ0) is 16.9. The van der Waals surface area contributed by atoms with Crippen LogP contribution < -0.4 is 10.9 Å². The maximum Gasteiger partial charge on any atom is 0.289 e. The number of nitrogens with zero attached hydrogens (tertiary/aromatic N) is 2. The molecule has 1 heterocycles. The van der Waals surface area contributed by atoms with Crippen LogP contribution in [0.5, 0.6) is 0 Å². The van der Waals surface area contributed by atoms with Crippen molar-refractivity contribution in [2.45, 2.75) is 6.42 Å². The van der Waals surface area contributed by atoms with Crippen LogP contribution in [0.15, 0.2) is 54.7 Å². The summed E-state index contributed by atoms with van der Waals surface area (Å²) in [4.78, 5) is 32.1. The summed E-state index contributed by atoms with van der Waals surface area (Å²) >= 11 is 0. The predicted octanol–water partition coefficient (Wildman–Crippen LogP) is 1.77. The number of aromatic nitrogens is 2. The van der Waals surface area contributed by atoms with Crippen molar-refractivity contribution >= 4 is 22.8 Å². The van der Waals surface area contributed by atoms with Crippen molar-refractivity contribution in [2.75, 3.05) is 0 Å². The summed E-state index contributed by atoms with van der Waals surface area (Å²) < 4.78 is 12.8. The number of nitrogens with one attached hydrogen (secondary N) is 2. The smallest absolute Gasteiger partial charge is 0.273 e. The Bertz CT molecular complexity index is 896. The monoisotopic (exact) mass is 324 g/mol. The van der Waals surface area contributed by atoms with Crippen LogP contribution in [0.1, 0.15) is 16.1 Å². The van der Waals surface area contributed by atoms with E-state index in [9.17, 15) is 14.0 Å². The van der Waals surface area contributed by atoms with Gasteiger partial charge >= 0.3 is 0 Å². The van der Waals surface area contributed by atoms with Gasteiger partial charge in [-0.2, -0.15) is 0 Å². The molecule has 0 spiro atoms. The first kappa shape index (κ1) is 15.5. The van der Waals surface area contributed by atoms with Crippen LogP contribution in [0, 0.1) is 5.82 Å². The molecule has 1 aromatic heterocycles. The SMILES string of the molecule is O=C(Cc1ccc(F)cc1)NNC(=O)c1cnc2ccccc2n1. The second kappa shape index (κ2) is 6.82. The largest absolute Gasteiger partial charge is 0.289 e. The van der Waals surface area contributed by atoms with Gasteiger partial charge in [-0.15, -0.1) is 0 Å². The summed E-state index contributed by atoms with van der Waals surface area (Å²) in [5.74, 6) is -1.37. The quantitative estimate of drug-likeness (QED) is 0.719. The maximum atomic E-state index is 12.8. The zero-order valence-electron chi connectivity index (χ0n) is 12.5. The molecule has 0 aliphatic rings. The van der Waals surface area contributed by atoms with Crippen LogP contribution in [0.25, 0.3) is 11.0 Å². The second-order valence-corrected chi connectivity index (χ2v) is 5.05. The Morgan fingerprint density at radius 2 is 1.67 bits per heavy atom. The predicted molar refractivity (Wildman–Crippen MR) is 85.3 cm³/mol. The van der Waals surface area contributed by atoms with Crippen LogP contribution in [0.3, 0.4) is 0 Å². The van der Waals surface area contributed by atoms with Crippen LogP contribution in [0.2, 0.25) is 0 Å². The first-order chi connectivity index (χ1) is 11.6. The van der Waals surface area contributed by atoms with Crippen LogP contribution in [0.4, 0.5) is 4.39 Å². The molecule has 0 fully saturated rings. The lowest BCUT2D eigenvalue weighted by molar-refractivity contribution is -0.121. The number of hydrogen-bond acceptors (Lipinski definition) is 4. The van der Waals surface area contributed by atoms with E-state index in [1.807, 2.05) is 6.07 Å². The minimum absolute atomic E-state index is 0.0178. The Balaban J connectivity index is 1.59. The molecular weight excluding hydrogens is 311 g/mol. The summed E-state index contributed by atoms with van der Waals surface area (Å²) in [6, 6.07) is 12.7. The Morgan fingerprint density at radius 1 is 0.958 bits per heavy atom. The molecule has 24 heavy (non-hydrogen) atoms. The van der Waals surface area contributed by atoms with E-state index in [4.69, 9.17) is 0 Å². The van der Waals surface area contributed by atoms with Crippen LogP contribution in [-0.2, 0) is 11.2 Å². The van der Waals surface area contributed by atoms with Gasteiger partial charge in [0.2, 0.25) is 5.91 Å². The molecule has 2 aromatic carbocycles. The molecule has 0 radical (unpaired) electrons. The van der Waals surface area contributed by atoms with Crippen LogP contribution >= 0.6 is 0 Å². The van der Waals surface area contributed by atoms with E-state index in [2.05, 4.69) is 20.8 Å². The Hall–Kier alpha value is -3.35. The zero-order valence-corrected chi connectivity index (χ0v) is 12.5. The molecule has 6 nitrogen and oxygen atoms in total. The molecular formula is C17H13FN4O2. The van der Waals surface area contributed by atoms with Gasteiger partial charge in [-0.05, 0) is 29.8 Å². The van der Waals surface area contributed by atoms with Gasteiger partial charge < -0.3 is 0 Å². The van der Waals surface area contributed by atoms with Gasteiger partial charge in [0.15, 0.2) is 0 Å². The number of rotatable bonds is 3. The lowest BCUT2D eigenvalue weighted by atomic mass is 10.1. The molecule has 7 heteroatoms. The minimum Gasteiger partial charge on any atom is -0.273 e. The molecule has 0 saturated carbocycles. The van der Waals surface area contributed by atoms with Crippen molar-refractivity contribution in [3.05, 3.63) is 71.8 Å². The molecule has 0 atom stereocenters. The molecule has 2 N–H and O–H groups in total. The van der Waals surface area contributed by atoms with Gasteiger partial charge in [0.25, 0.3) is 5.91 Å². The van der Waals surface area contributed by atoms with Crippen molar-refractivity contribution in [1.29, 1.82) is 0 Å². The van der Waals surface area contributed by atoms with Gasteiger partial charge in [0.1, 0.15) is 11.5 Å². The summed E-state index contributed by atoms with van der Waals surface area (Å²) in [7, 11) is 0. The number of benzene rings is 2. The van der Waals surface area contributed by atoms with Gasteiger partial charge in [0, 0.05) is 0 Å². The molecule has 0 saturated heterocycles. The highest BCUT2D eigenvalue weighted by Gasteiger charge is 2.10. The highest BCUT2D eigenvalue weighted by molar-refractivity contribution is 5.95. The number of amides is 2. The molecule has 0 bridgehead atoms. The minimum atomic E-state index is -0.569. The van der Waals surface area contributed by atoms with E-state index >= 15 is 0 Å². The van der Waals surface area contributed by atoms with Crippen LogP contribution in [-0.4, -0.2) is 21.8 Å². The topological polar surface area (TPSA) is 84.0 Å². The molecule has 3 rings (SSSR count). The first-order valence-corrected chi connectivity index (χ1v) is 7.17. The number of carbonyl (C=O) groups is 2. The van der Waals surface area contributed by atoms with E-state index in [0.717, 1.165) is 0 Å². The van der Waals surface area contributed by atoms with Gasteiger partial charge in [-0.1, -0.05) is 24.3 Å². The number of para-hydroxylation sites is 2. The Labute approximate surface area is 136 Å². The molecule has 2 amide bonds. The van der Waals surface area contributed by atoms with Crippen molar-refractivity contribution in [1.82, 2.24) is 20.8 Å². The van der Waals surface area contributed by atoms with Gasteiger partial charge in [0.05, 0.1) is 23.7 Å². The number of carbonyl (C=O) groups excluding carboxylic acids is 2. The fourth-order valence-corrected chi connectivity index (χ4v) is 2.09. The normalized spacial score (nSPS) is 10.4. The number of fused-ring (bicyclic) bond motifs is 1. The van der Waals surface area contributed by atoms with Gasteiger partial charge in [-0.25, -0.2) is 9.37 Å². The molecule has 0 aliphatic carbocycles. The summed E-state index contributed by atoms with van der Waals surface area (Å²) in [6.07, 6.45) is 1.35. The fraction of sp³-hybridized carbons (Fsp3) is 0.0588. The maximum absolute atomic E-state index is 12.8. The highest BCUT2D eigenvalue weighted by Crippen LogP contribution is 2.08. The number of hydrogen-bond donors (Lipinski definition) is 2. The second-order valence-electron chi connectivity index (χ2n) is 5.05. The average Bonchev–Trinajstić information content (AvgIpc) is 2.61. The van der Waals surface area contributed by atoms with Crippen molar-refractivity contribution < 1.29 is 14.0 Å². The van der Waals surface area contributed by atoms with Gasteiger partial charge in [-0.3, -0.25) is 25.4 Å².